The van der Waals surface area contributed by atoms with Gasteiger partial charge in [-0.3, -0.25) is 0 Å². The molecule has 1 fully saturated rings. The molecule has 1 spiro atoms. The van der Waals surface area contributed by atoms with Crippen molar-refractivity contribution in [3.8, 4) is 0 Å². The van der Waals surface area contributed by atoms with Crippen molar-refractivity contribution in [3.63, 3.8) is 0 Å². The Balaban J connectivity index is 1.95. The average molecular weight is 225 g/mol. The largest absolute Gasteiger partial charge is 0.358 e. The van der Waals surface area contributed by atoms with Crippen LogP contribution >= 0.6 is 0 Å². The maximum Gasteiger partial charge on any atom is 0.0459 e. The Morgan fingerprint density at radius 2 is 1.76 bits per heavy atom. The smallest absolute Gasteiger partial charge is 0.0459 e. The first kappa shape index (κ1) is 9.76. The van der Waals surface area contributed by atoms with Crippen LogP contribution in [0.15, 0.2) is 24.3 Å². The molecular formula is C16H19N. The van der Waals surface area contributed by atoms with Gasteiger partial charge in [0.1, 0.15) is 0 Å². The summed E-state index contributed by atoms with van der Waals surface area (Å²) in [5.41, 5.74) is 5.11. The molecule has 0 amide bonds. The molecule has 1 saturated carbocycles. The number of aromatic amines is 1. The number of hydrogen-bond donors (Lipinski definition) is 1. The molecule has 17 heavy (non-hydrogen) atoms. The summed E-state index contributed by atoms with van der Waals surface area (Å²) < 4.78 is 0. The molecule has 1 nitrogen and oxygen atoms in total. The molecule has 2 aliphatic carbocycles. The molecule has 2 aliphatic rings. The fourth-order valence-corrected chi connectivity index (χ4v) is 4.21. The van der Waals surface area contributed by atoms with Crippen LogP contribution in [0.5, 0.6) is 0 Å². The average Bonchev–Trinajstić information content (AvgIpc) is 2.90. The predicted molar refractivity (Wildman–Crippen MR) is 71.4 cm³/mol. The Kier molecular flexibility index (Phi) is 1.94. The molecule has 0 aliphatic heterocycles. The molecule has 0 saturated heterocycles. The maximum absolute atomic E-state index is 3.65. The van der Waals surface area contributed by atoms with E-state index in [4.69, 9.17) is 0 Å². The van der Waals surface area contributed by atoms with Gasteiger partial charge in [0.2, 0.25) is 0 Å². The molecular weight excluding hydrogens is 206 g/mol. The lowest BCUT2D eigenvalue weighted by molar-refractivity contribution is 0.294. The zero-order valence-electron chi connectivity index (χ0n) is 10.3. The van der Waals surface area contributed by atoms with E-state index < -0.39 is 0 Å². The number of rotatable bonds is 0. The summed E-state index contributed by atoms with van der Waals surface area (Å²) in [5.74, 6) is 0. The third-order valence-electron chi connectivity index (χ3n) is 4.98. The Morgan fingerprint density at radius 1 is 0.941 bits per heavy atom. The minimum absolute atomic E-state index is 0.535. The third-order valence-corrected chi connectivity index (χ3v) is 4.98. The van der Waals surface area contributed by atoms with E-state index in [2.05, 4.69) is 29.2 Å². The highest BCUT2D eigenvalue weighted by atomic mass is 14.7. The van der Waals surface area contributed by atoms with E-state index in [9.17, 15) is 0 Å². The number of aromatic nitrogens is 1. The highest BCUT2D eigenvalue weighted by Gasteiger charge is 2.41. The first-order chi connectivity index (χ1) is 8.39. The number of benzene rings is 1. The van der Waals surface area contributed by atoms with E-state index in [1.54, 1.807) is 5.56 Å². The topological polar surface area (TPSA) is 15.8 Å². The molecule has 1 heterocycles. The zero-order chi connectivity index (χ0) is 11.3. The molecule has 2 aromatic rings. The van der Waals surface area contributed by atoms with Gasteiger partial charge in [-0.05, 0) is 42.7 Å². The van der Waals surface area contributed by atoms with Gasteiger partial charge in [-0.15, -0.1) is 0 Å². The third kappa shape index (κ3) is 1.25. The second kappa shape index (κ2) is 3.38. The SMILES string of the molecule is c1ccc2c3c([nH]c2c1)CCC31CCCCC1. The van der Waals surface area contributed by atoms with E-state index in [1.807, 2.05) is 0 Å². The lowest BCUT2D eigenvalue weighted by atomic mass is 9.70. The minimum atomic E-state index is 0.535. The molecule has 1 aromatic heterocycles. The molecule has 88 valence electrons. The van der Waals surface area contributed by atoms with Gasteiger partial charge in [0, 0.05) is 16.6 Å². The molecule has 4 rings (SSSR count). The first-order valence-corrected chi connectivity index (χ1v) is 6.99. The molecule has 1 heteroatoms. The molecule has 0 radical (unpaired) electrons. The van der Waals surface area contributed by atoms with Crippen LogP contribution in [0.25, 0.3) is 10.9 Å². The zero-order valence-corrected chi connectivity index (χ0v) is 10.3. The summed E-state index contributed by atoms with van der Waals surface area (Å²) in [6.07, 6.45) is 9.80. The maximum atomic E-state index is 3.65. The van der Waals surface area contributed by atoms with Gasteiger partial charge in [-0.25, -0.2) is 0 Å². The highest BCUT2D eigenvalue weighted by molar-refractivity contribution is 5.86. The van der Waals surface area contributed by atoms with Crippen LogP contribution < -0.4 is 0 Å². The summed E-state index contributed by atoms with van der Waals surface area (Å²) in [4.78, 5) is 3.65. The Bertz CT molecular complexity index is 558. The van der Waals surface area contributed by atoms with Gasteiger partial charge in [-0.1, -0.05) is 37.5 Å². The number of fused-ring (bicyclic) bond motifs is 4. The van der Waals surface area contributed by atoms with Gasteiger partial charge < -0.3 is 4.98 Å². The van der Waals surface area contributed by atoms with E-state index in [0.29, 0.717) is 5.41 Å². The van der Waals surface area contributed by atoms with Gasteiger partial charge in [0.05, 0.1) is 0 Å². The second-order valence-electron chi connectivity index (χ2n) is 5.87. The van der Waals surface area contributed by atoms with Crippen LogP contribution in [0.2, 0.25) is 0 Å². The molecule has 0 bridgehead atoms. The van der Waals surface area contributed by atoms with Crippen molar-refractivity contribution in [2.45, 2.75) is 50.4 Å². The van der Waals surface area contributed by atoms with E-state index in [-0.39, 0.29) is 0 Å². The minimum Gasteiger partial charge on any atom is -0.358 e. The van der Waals surface area contributed by atoms with Crippen LogP contribution in [0.3, 0.4) is 0 Å². The van der Waals surface area contributed by atoms with Crippen molar-refractivity contribution in [2.24, 2.45) is 0 Å². The number of hydrogen-bond acceptors (Lipinski definition) is 0. The number of para-hydroxylation sites is 1. The summed E-state index contributed by atoms with van der Waals surface area (Å²) in [6.45, 7) is 0. The Hall–Kier alpha value is -1.24. The molecule has 0 atom stereocenters. The van der Waals surface area contributed by atoms with Crippen LogP contribution in [0.1, 0.15) is 49.8 Å². The fourth-order valence-electron chi connectivity index (χ4n) is 4.21. The predicted octanol–water partition coefficient (Wildman–Crippen LogP) is 4.32. The van der Waals surface area contributed by atoms with Crippen molar-refractivity contribution in [3.05, 3.63) is 35.5 Å². The Morgan fingerprint density at radius 3 is 2.65 bits per heavy atom. The number of aryl methyl sites for hydroxylation is 1. The van der Waals surface area contributed by atoms with Crippen LogP contribution in [0.4, 0.5) is 0 Å². The van der Waals surface area contributed by atoms with E-state index in [0.717, 1.165) is 0 Å². The summed E-state index contributed by atoms with van der Waals surface area (Å²) >= 11 is 0. The molecule has 1 N–H and O–H groups in total. The number of H-pyrrole nitrogens is 1. The standard InChI is InChI=1S/C16H19N/c1-4-9-16(10-5-1)11-8-14-15(16)12-6-2-3-7-13(12)17-14/h2-3,6-7,17H,1,4-5,8-11H2. The van der Waals surface area contributed by atoms with Gasteiger partial charge in [0.15, 0.2) is 0 Å². The normalized spacial score (nSPS) is 22.1. The van der Waals surface area contributed by atoms with Crippen LogP contribution in [0, 0.1) is 0 Å². The van der Waals surface area contributed by atoms with Crippen LogP contribution in [-0.4, -0.2) is 4.98 Å². The number of nitrogens with one attached hydrogen (secondary N) is 1. The van der Waals surface area contributed by atoms with Crippen molar-refractivity contribution >= 4 is 10.9 Å². The van der Waals surface area contributed by atoms with Crippen molar-refractivity contribution in [1.29, 1.82) is 0 Å². The van der Waals surface area contributed by atoms with Crippen molar-refractivity contribution < 1.29 is 0 Å². The summed E-state index contributed by atoms with van der Waals surface area (Å²) in [7, 11) is 0. The van der Waals surface area contributed by atoms with Crippen molar-refractivity contribution in [1.82, 2.24) is 4.98 Å². The van der Waals surface area contributed by atoms with Gasteiger partial charge in [-0.2, -0.15) is 0 Å². The summed E-state index contributed by atoms with van der Waals surface area (Å²) in [5, 5.41) is 1.50. The monoisotopic (exact) mass is 225 g/mol. The lowest BCUT2D eigenvalue weighted by Crippen LogP contribution is -2.25. The van der Waals surface area contributed by atoms with E-state index in [1.165, 1.54) is 61.5 Å². The fraction of sp³-hybridized carbons (Fsp3) is 0.500. The van der Waals surface area contributed by atoms with Crippen LogP contribution in [-0.2, 0) is 11.8 Å². The lowest BCUT2D eigenvalue weighted by Gasteiger charge is -2.34. The Labute approximate surface area is 102 Å². The molecule has 0 unspecified atom stereocenters. The van der Waals surface area contributed by atoms with Crippen molar-refractivity contribution in [2.75, 3.05) is 0 Å². The van der Waals surface area contributed by atoms with Gasteiger partial charge >= 0.3 is 0 Å². The van der Waals surface area contributed by atoms with Gasteiger partial charge in [0.25, 0.3) is 0 Å². The van der Waals surface area contributed by atoms with E-state index >= 15 is 0 Å². The first-order valence-electron chi connectivity index (χ1n) is 6.99. The molecule has 1 aromatic carbocycles. The second-order valence-corrected chi connectivity index (χ2v) is 5.87. The quantitative estimate of drug-likeness (QED) is 0.687. The highest BCUT2D eigenvalue weighted by Crippen LogP contribution is 2.51. The summed E-state index contributed by atoms with van der Waals surface area (Å²) in [6, 6.07) is 8.86.